The Morgan fingerprint density at radius 3 is 3.18 bits per heavy atom. The Labute approximate surface area is 64.8 Å². The number of hydrazone groups is 1. The summed E-state index contributed by atoms with van der Waals surface area (Å²) >= 11 is 0. The van der Waals surface area contributed by atoms with Crippen molar-refractivity contribution >= 4 is 11.7 Å². The number of carbonyl (C=O) groups is 1. The van der Waals surface area contributed by atoms with Crippen LogP contribution in [0.2, 0.25) is 0 Å². The Morgan fingerprint density at radius 1 is 1.82 bits per heavy atom. The van der Waals surface area contributed by atoms with E-state index in [4.69, 9.17) is 4.74 Å². The highest BCUT2D eigenvalue weighted by molar-refractivity contribution is 6.37. The molecule has 0 saturated carbocycles. The van der Waals surface area contributed by atoms with E-state index >= 15 is 0 Å². The number of esters is 1. The van der Waals surface area contributed by atoms with Crippen LogP contribution in [-0.2, 0) is 9.53 Å². The molecule has 5 heteroatoms. The largest absolute Gasteiger partial charge is 0.461 e. The van der Waals surface area contributed by atoms with Crippen LogP contribution in [0.4, 0.5) is 0 Å². The molecule has 0 radical (unpaired) electrons. The third kappa shape index (κ3) is 2.19. The van der Waals surface area contributed by atoms with Crippen LogP contribution >= 0.6 is 0 Å². The molecule has 0 atom stereocenters. The van der Waals surface area contributed by atoms with E-state index in [9.17, 15) is 4.79 Å². The lowest BCUT2D eigenvalue weighted by molar-refractivity contribution is -0.135. The van der Waals surface area contributed by atoms with Crippen molar-refractivity contribution in [3.63, 3.8) is 0 Å². The third-order valence-electron chi connectivity index (χ3n) is 1.22. The molecule has 1 aliphatic heterocycles. The summed E-state index contributed by atoms with van der Waals surface area (Å²) in [6.45, 7) is 3.23. The molecule has 0 spiro atoms. The van der Waals surface area contributed by atoms with Crippen LogP contribution in [-0.4, -0.2) is 31.5 Å². The van der Waals surface area contributed by atoms with E-state index in [1.54, 1.807) is 6.92 Å². The molecule has 0 aromatic heterocycles. The third-order valence-corrected chi connectivity index (χ3v) is 1.22. The molecule has 0 aliphatic carbocycles. The number of rotatable bonds is 2. The Balaban J connectivity index is 2.44. The summed E-state index contributed by atoms with van der Waals surface area (Å²) in [5, 5.41) is 6.71. The van der Waals surface area contributed by atoms with Crippen molar-refractivity contribution in [3.05, 3.63) is 0 Å². The van der Waals surface area contributed by atoms with Crippen LogP contribution in [0.1, 0.15) is 6.92 Å². The molecule has 1 rings (SSSR count). The average molecular weight is 157 g/mol. The summed E-state index contributed by atoms with van der Waals surface area (Å²) in [6, 6.07) is 0. The van der Waals surface area contributed by atoms with Crippen LogP contribution in [0, 0.1) is 0 Å². The smallest absolute Gasteiger partial charge is 0.355 e. The minimum Gasteiger partial charge on any atom is -0.461 e. The number of hydrogen-bond acceptors (Lipinski definition) is 5. The highest BCUT2D eigenvalue weighted by atomic mass is 16.5. The predicted molar refractivity (Wildman–Crippen MR) is 40.1 cm³/mol. The predicted octanol–water partition coefficient (Wildman–Crippen LogP) is -0.944. The normalized spacial score (nSPS) is 16.6. The van der Waals surface area contributed by atoms with Crippen LogP contribution in [0.25, 0.3) is 0 Å². The van der Waals surface area contributed by atoms with E-state index in [1.165, 1.54) is 0 Å². The van der Waals surface area contributed by atoms with Gasteiger partial charge in [-0.3, -0.25) is 10.7 Å². The second kappa shape index (κ2) is 3.92. The first kappa shape index (κ1) is 8.00. The fraction of sp³-hybridized carbons (Fsp3) is 0.667. The molecule has 2 N–H and O–H groups in total. The number of ether oxygens (including phenoxy) is 1. The highest BCUT2D eigenvalue weighted by Gasteiger charge is 2.13. The lowest BCUT2D eigenvalue weighted by Gasteiger charge is -2.12. The van der Waals surface area contributed by atoms with Gasteiger partial charge in [0.2, 0.25) is 0 Å². The maximum absolute atomic E-state index is 11.0. The maximum atomic E-state index is 11.0. The maximum Gasteiger partial charge on any atom is 0.355 e. The summed E-state index contributed by atoms with van der Waals surface area (Å²) in [4.78, 5) is 11.0. The second-order valence-electron chi connectivity index (χ2n) is 2.04. The van der Waals surface area contributed by atoms with E-state index in [2.05, 4.69) is 15.8 Å². The van der Waals surface area contributed by atoms with E-state index in [1.807, 2.05) is 0 Å². The molecular formula is C6H11N3O2. The molecule has 1 aliphatic rings. The standard InChI is InChI=1S/C6H11N3O2/c1-2-11-6(10)5-3-7-4-8-9-5/h7-8H,2-4H2,1H3. The van der Waals surface area contributed by atoms with Crippen molar-refractivity contribution in [2.45, 2.75) is 6.92 Å². The fourth-order valence-electron chi connectivity index (χ4n) is 0.744. The van der Waals surface area contributed by atoms with Crippen molar-refractivity contribution in [3.8, 4) is 0 Å². The molecule has 5 nitrogen and oxygen atoms in total. The molecule has 0 amide bonds. The van der Waals surface area contributed by atoms with Gasteiger partial charge in [0, 0.05) is 6.54 Å². The van der Waals surface area contributed by atoms with Gasteiger partial charge in [0.05, 0.1) is 13.3 Å². The van der Waals surface area contributed by atoms with Crippen molar-refractivity contribution < 1.29 is 9.53 Å². The first-order chi connectivity index (χ1) is 5.34. The van der Waals surface area contributed by atoms with E-state index < -0.39 is 0 Å². The van der Waals surface area contributed by atoms with Crippen molar-refractivity contribution in [1.82, 2.24) is 10.7 Å². The molecule has 0 fully saturated rings. The zero-order chi connectivity index (χ0) is 8.10. The van der Waals surface area contributed by atoms with Gasteiger partial charge in [0.1, 0.15) is 0 Å². The Hall–Kier alpha value is -1.10. The molecule has 0 saturated heterocycles. The summed E-state index contributed by atoms with van der Waals surface area (Å²) in [5.41, 5.74) is 3.05. The molecule has 62 valence electrons. The van der Waals surface area contributed by atoms with Crippen LogP contribution in [0.3, 0.4) is 0 Å². The summed E-state index contributed by atoms with van der Waals surface area (Å²) in [5.74, 6) is -0.354. The van der Waals surface area contributed by atoms with Gasteiger partial charge in [0.15, 0.2) is 5.71 Å². The summed E-state index contributed by atoms with van der Waals surface area (Å²) in [6.07, 6.45) is 0. The van der Waals surface area contributed by atoms with Crippen molar-refractivity contribution in [1.29, 1.82) is 0 Å². The van der Waals surface area contributed by atoms with Crippen LogP contribution in [0.5, 0.6) is 0 Å². The highest BCUT2D eigenvalue weighted by Crippen LogP contribution is 1.85. The molecule has 0 unspecified atom stereocenters. The molecule has 0 bridgehead atoms. The fourth-order valence-corrected chi connectivity index (χ4v) is 0.744. The van der Waals surface area contributed by atoms with E-state index in [0.29, 0.717) is 25.5 Å². The lowest BCUT2D eigenvalue weighted by Crippen LogP contribution is -2.41. The summed E-state index contributed by atoms with van der Waals surface area (Å²) < 4.78 is 4.73. The zero-order valence-corrected chi connectivity index (χ0v) is 6.39. The average Bonchev–Trinajstić information content (AvgIpc) is 2.07. The molecule has 0 aromatic carbocycles. The first-order valence-electron chi connectivity index (χ1n) is 3.52. The first-order valence-corrected chi connectivity index (χ1v) is 3.52. The molecule has 11 heavy (non-hydrogen) atoms. The lowest BCUT2D eigenvalue weighted by atomic mass is 10.3. The van der Waals surface area contributed by atoms with Crippen molar-refractivity contribution in [2.24, 2.45) is 5.10 Å². The Morgan fingerprint density at radius 2 is 2.64 bits per heavy atom. The minimum atomic E-state index is -0.354. The van der Waals surface area contributed by atoms with Gasteiger partial charge >= 0.3 is 5.97 Å². The van der Waals surface area contributed by atoms with Gasteiger partial charge in [-0.1, -0.05) is 0 Å². The van der Waals surface area contributed by atoms with Crippen LogP contribution in [0.15, 0.2) is 5.10 Å². The van der Waals surface area contributed by atoms with E-state index in [0.717, 1.165) is 0 Å². The van der Waals surface area contributed by atoms with Gasteiger partial charge in [-0.25, -0.2) is 4.79 Å². The SMILES string of the molecule is CCOC(=O)C1=NNCNC1. The van der Waals surface area contributed by atoms with Gasteiger partial charge in [-0.2, -0.15) is 5.10 Å². The minimum absolute atomic E-state index is 0.354. The molecular weight excluding hydrogens is 146 g/mol. The van der Waals surface area contributed by atoms with E-state index in [-0.39, 0.29) is 5.97 Å². The van der Waals surface area contributed by atoms with Gasteiger partial charge in [0.25, 0.3) is 0 Å². The number of carbonyl (C=O) groups excluding carboxylic acids is 1. The number of hydrogen-bond donors (Lipinski definition) is 2. The van der Waals surface area contributed by atoms with Gasteiger partial charge < -0.3 is 4.74 Å². The summed E-state index contributed by atoms with van der Waals surface area (Å²) in [7, 11) is 0. The molecule has 0 aromatic rings. The number of nitrogens with one attached hydrogen (secondary N) is 2. The van der Waals surface area contributed by atoms with Crippen LogP contribution < -0.4 is 10.7 Å². The number of nitrogens with zero attached hydrogens (tertiary/aromatic N) is 1. The zero-order valence-electron chi connectivity index (χ0n) is 6.39. The van der Waals surface area contributed by atoms with Gasteiger partial charge in [-0.15, -0.1) is 0 Å². The topological polar surface area (TPSA) is 62.7 Å². The molecule has 1 heterocycles. The van der Waals surface area contributed by atoms with Gasteiger partial charge in [-0.05, 0) is 6.92 Å². The quantitative estimate of drug-likeness (QED) is 0.508. The second-order valence-corrected chi connectivity index (χ2v) is 2.04. The Kier molecular flexibility index (Phi) is 2.85. The Bertz CT molecular complexity index is 179. The van der Waals surface area contributed by atoms with Crippen molar-refractivity contribution in [2.75, 3.05) is 19.8 Å². The monoisotopic (exact) mass is 157 g/mol.